The Kier molecular flexibility index (Phi) is 8.52. The fourth-order valence-corrected chi connectivity index (χ4v) is 4.36. The summed E-state index contributed by atoms with van der Waals surface area (Å²) < 4.78 is 18.1. The first-order valence-electron chi connectivity index (χ1n) is 12.0. The number of nitrogens with zero attached hydrogens (tertiary/aromatic N) is 3. The minimum absolute atomic E-state index is 0.183. The molecule has 0 amide bonds. The van der Waals surface area contributed by atoms with Crippen molar-refractivity contribution in [2.24, 2.45) is 0 Å². The SMILES string of the molecule is COC(=O)c1c(OCCc2ccccn2)cc(=O)n2c1CCN(CC=Cc1ccccc1OC)CC2. The Morgan fingerprint density at radius 2 is 1.89 bits per heavy atom. The molecular formula is C28H31N3O5. The van der Waals surface area contributed by atoms with Crippen LogP contribution in [0.25, 0.3) is 6.08 Å². The van der Waals surface area contributed by atoms with E-state index < -0.39 is 5.97 Å². The molecule has 1 aliphatic heterocycles. The molecule has 0 unspecified atom stereocenters. The number of pyridine rings is 2. The molecule has 3 heterocycles. The number of ether oxygens (including phenoxy) is 3. The monoisotopic (exact) mass is 489 g/mol. The van der Waals surface area contributed by atoms with Gasteiger partial charge in [-0.05, 0) is 18.2 Å². The van der Waals surface area contributed by atoms with Gasteiger partial charge in [0.15, 0.2) is 0 Å². The average molecular weight is 490 g/mol. The van der Waals surface area contributed by atoms with E-state index in [4.69, 9.17) is 14.2 Å². The van der Waals surface area contributed by atoms with Gasteiger partial charge in [0.2, 0.25) is 0 Å². The molecular weight excluding hydrogens is 458 g/mol. The molecule has 2 aromatic heterocycles. The molecule has 0 spiro atoms. The predicted molar refractivity (Wildman–Crippen MR) is 138 cm³/mol. The normalized spacial score (nSPS) is 13.7. The summed E-state index contributed by atoms with van der Waals surface area (Å²) in [5.74, 6) is 0.580. The van der Waals surface area contributed by atoms with Crippen LogP contribution in [0.5, 0.6) is 11.5 Å². The fourth-order valence-electron chi connectivity index (χ4n) is 4.36. The van der Waals surface area contributed by atoms with E-state index in [-0.39, 0.29) is 11.3 Å². The Labute approximate surface area is 210 Å². The van der Waals surface area contributed by atoms with E-state index in [0.717, 1.165) is 17.0 Å². The molecule has 1 aliphatic rings. The zero-order valence-electron chi connectivity index (χ0n) is 20.7. The van der Waals surface area contributed by atoms with E-state index in [2.05, 4.69) is 16.0 Å². The van der Waals surface area contributed by atoms with Crippen molar-refractivity contribution in [1.82, 2.24) is 14.5 Å². The van der Waals surface area contributed by atoms with Crippen LogP contribution in [0.3, 0.4) is 0 Å². The number of benzene rings is 1. The molecule has 0 atom stereocenters. The first-order chi connectivity index (χ1) is 17.6. The van der Waals surface area contributed by atoms with Gasteiger partial charge < -0.3 is 18.8 Å². The highest BCUT2D eigenvalue weighted by atomic mass is 16.5. The number of esters is 1. The van der Waals surface area contributed by atoms with Crippen LogP contribution in [0.1, 0.15) is 27.3 Å². The van der Waals surface area contributed by atoms with Crippen LogP contribution in [0.4, 0.5) is 0 Å². The van der Waals surface area contributed by atoms with Gasteiger partial charge in [0.1, 0.15) is 17.1 Å². The van der Waals surface area contributed by atoms with Gasteiger partial charge in [-0.2, -0.15) is 0 Å². The number of fused-ring (bicyclic) bond motifs is 1. The maximum Gasteiger partial charge on any atom is 0.343 e. The van der Waals surface area contributed by atoms with Gasteiger partial charge in [0.25, 0.3) is 5.56 Å². The number of methoxy groups -OCH3 is 2. The molecule has 4 rings (SSSR count). The number of carbonyl (C=O) groups excluding carboxylic acids is 1. The van der Waals surface area contributed by atoms with E-state index >= 15 is 0 Å². The molecule has 8 heteroatoms. The van der Waals surface area contributed by atoms with Gasteiger partial charge in [-0.25, -0.2) is 4.79 Å². The van der Waals surface area contributed by atoms with Crippen molar-refractivity contribution in [3.05, 3.63) is 93.7 Å². The topological polar surface area (TPSA) is 82.9 Å². The average Bonchev–Trinajstić information content (AvgIpc) is 3.12. The van der Waals surface area contributed by atoms with E-state index in [1.165, 1.54) is 13.2 Å². The second-order valence-electron chi connectivity index (χ2n) is 8.43. The number of para-hydroxylation sites is 1. The molecule has 188 valence electrons. The van der Waals surface area contributed by atoms with E-state index in [9.17, 15) is 9.59 Å². The number of rotatable bonds is 9. The van der Waals surface area contributed by atoms with E-state index in [0.29, 0.717) is 56.9 Å². The molecule has 0 aliphatic carbocycles. The van der Waals surface area contributed by atoms with Crippen LogP contribution in [-0.4, -0.2) is 60.9 Å². The van der Waals surface area contributed by atoms with Crippen LogP contribution in [0.2, 0.25) is 0 Å². The summed E-state index contributed by atoms with van der Waals surface area (Å²) in [5.41, 5.74) is 2.68. The third-order valence-electron chi connectivity index (χ3n) is 6.22. The summed E-state index contributed by atoms with van der Waals surface area (Å²) >= 11 is 0. The maximum absolute atomic E-state index is 13.0. The number of aromatic nitrogens is 2. The quantitative estimate of drug-likeness (QED) is 0.427. The number of hydrogen-bond donors (Lipinski definition) is 0. The summed E-state index contributed by atoms with van der Waals surface area (Å²) in [7, 11) is 3.00. The van der Waals surface area contributed by atoms with Crippen molar-refractivity contribution in [2.45, 2.75) is 19.4 Å². The largest absolute Gasteiger partial charge is 0.496 e. The summed E-state index contributed by atoms with van der Waals surface area (Å²) in [6, 6.07) is 14.9. The lowest BCUT2D eigenvalue weighted by Gasteiger charge is -2.17. The van der Waals surface area contributed by atoms with E-state index in [1.807, 2.05) is 48.5 Å². The molecule has 0 radical (unpaired) electrons. The standard InChI is InChI=1S/C28H31N3O5/c1-34-24-11-4-3-8-21(24)9-7-15-30-16-12-23-27(28(33)35-2)25(20-26(32)31(23)18-17-30)36-19-13-22-10-5-6-14-29-22/h3-11,14,20H,12-13,15-19H2,1-2H3. The van der Waals surface area contributed by atoms with Gasteiger partial charge in [0, 0.05) is 68.2 Å². The lowest BCUT2D eigenvalue weighted by molar-refractivity contribution is 0.0593. The second kappa shape index (κ2) is 12.2. The molecule has 3 aromatic rings. The van der Waals surface area contributed by atoms with Crippen molar-refractivity contribution in [3.63, 3.8) is 0 Å². The molecule has 0 bridgehead atoms. The van der Waals surface area contributed by atoms with Gasteiger partial charge in [-0.1, -0.05) is 36.4 Å². The van der Waals surface area contributed by atoms with Crippen LogP contribution in [-0.2, 0) is 24.1 Å². The first kappa shape index (κ1) is 25.2. The molecule has 36 heavy (non-hydrogen) atoms. The predicted octanol–water partition coefficient (Wildman–Crippen LogP) is 3.23. The Balaban J connectivity index is 1.49. The lowest BCUT2D eigenvalue weighted by atomic mass is 10.1. The Bertz CT molecular complexity index is 1270. The summed E-state index contributed by atoms with van der Waals surface area (Å²) in [6.07, 6.45) is 6.94. The molecule has 0 saturated heterocycles. The van der Waals surface area contributed by atoms with Crippen molar-refractivity contribution in [1.29, 1.82) is 0 Å². The number of carbonyl (C=O) groups is 1. The minimum Gasteiger partial charge on any atom is -0.496 e. The minimum atomic E-state index is -0.504. The molecule has 0 N–H and O–H groups in total. The van der Waals surface area contributed by atoms with E-state index in [1.54, 1.807) is 17.9 Å². The van der Waals surface area contributed by atoms with Crippen LogP contribution in [0.15, 0.2) is 65.6 Å². The summed E-state index contributed by atoms with van der Waals surface area (Å²) in [6.45, 7) is 2.86. The smallest absolute Gasteiger partial charge is 0.343 e. The molecule has 0 saturated carbocycles. The van der Waals surface area contributed by atoms with Gasteiger partial charge in [-0.15, -0.1) is 0 Å². The Morgan fingerprint density at radius 1 is 1.06 bits per heavy atom. The molecule has 0 fully saturated rings. The maximum atomic E-state index is 13.0. The highest BCUT2D eigenvalue weighted by molar-refractivity contribution is 5.93. The van der Waals surface area contributed by atoms with Crippen LogP contribution < -0.4 is 15.0 Å². The lowest BCUT2D eigenvalue weighted by Crippen LogP contribution is -2.29. The summed E-state index contributed by atoms with van der Waals surface area (Å²) in [5, 5.41) is 0. The summed E-state index contributed by atoms with van der Waals surface area (Å²) in [4.78, 5) is 32.3. The van der Waals surface area contributed by atoms with Crippen molar-refractivity contribution >= 4 is 12.0 Å². The molecule has 8 nitrogen and oxygen atoms in total. The second-order valence-corrected chi connectivity index (χ2v) is 8.43. The third-order valence-corrected chi connectivity index (χ3v) is 6.22. The van der Waals surface area contributed by atoms with Crippen molar-refractivity contribution in [3.8, 4) is 11.5 Å². The van der Waals surface area contributed by atoms with Crippen LogP contribution >= 0.6 is 0 Å². The highest BCUT2D eigenvalue weighted by Crippen LogP contribution is 2.24. The number of hydrogen-bond acceptors (Lipinski definition) is 7. The zero-order valence-corrected chi connectivity index (χ0v) is 20.7. The third kappa shape index (κ3) is 6.01. The Hall–Kier alpha value is -3.91. The van der Waals surface area contributed by atoms with Gasteiger partial charge in [0.05, 0.1) is 20.8 Å². The first-order valence-corrected chi connectivity index (χ1v) is 12.0. The zero-order chi connectivity index (χ0) is 25.3. The van der Waals surface area contributed by atoms with Crippen molar-refractivity contribution < 1.29 is 19.0 Å². The highest BCUT2D eigenvalue weighted by Gasteiger charge is 2.26. The van der Waals surface area contributed by atoms with Crippen molar-refractivity contribution in [2.75, 3.05) is 40.5 Å². The van der Waals surface area contributed by atoms with Crippen LogP contribution in [0, 0.1) is 0 Å². The van der Waals surface area contributed by atoms with Gasteiger partial charge >= 0.3 is 5.97 Å². The van der Waals surface area contributed by atoms with Gasteiger partial charge in [-0.3, -0.25) is 14.7 Å². The Morgan fingerprint density at radius 3 is 2.67 bits per heavy atom. The fraction of sp³-hybridized carbons (Fsp3) is 0.321. The molecule has 1 aromatic carbocycles.